The molecule has 1 aliphatic rings. The third-order valence-corrected chi connectivity index (χ3v) is 2.53. The third kappa shape index (κ3) is 3.97. The Morgan fingerprint density at radius 3 is 2.62 bits per heavy atom. The van der Waals surface area contributed by atoms with Gasteiger partial charge in [-0.15, -0.1) is 0 Å². The molecular formula is C9H16F3N3O. The van der Waals surface area contributed by atoms with Gasteiger partial charge in [0.05, 0.1) is 6.61 Å². The fourth-order valence-electron chi connectivity index (χ4n) is 1.62. The molecule has 94 valence electrons. The summed E-state index contributed by atoms with van der Waals surface area (Å²) in [6, 6.07) is 0. The van der Waals surface area contributed by atoms with Crippen LogP contribution in [0.3, 0.4) is 0 Å². The van der Waals surface area contributed by atoms with E-state index in [1.165, 1.54) is 0 Å². The van der Waals surface area contributed by atoms with Gasteiger partial charge in [0.15, 0.2) is 0 Å². The molecule has 16 heavy (non-hydrogen) atoms. The zero-order valence-electron chi connectivity index (χ0n) is 8.89. The molecule has 1 rings (SSSR count). The van der Waals surface area contributed by atoms with Crippen molar-refractivity contribution in [3.63, 3.8) is 0 Å². The van der Waals surface area contributed by atoms with Gasteiger partial charge in [0.2, 0.25) is 0 Å². The highest BCUT2D eigenvalue weighted by Gasteiger charge is 2.42. The molecule has 1 unspecified atom stereocenters. The normalized spacial score (nSPS) is 21.4. The number of ether oxygens (including phenoxy) is 1. The van der Waals surface area contributed by atoms with Crippen LogP contribution in [0.25, 0.3) is 0 Å². The Hall–Kier alpha value is -0.820. The molecule has 1 aliphatic heterocycles. The second-order valence-corrected chi connectivity index (χ2v) is 3.82. The fraction of sp³-hybridized carbons (Fsp3) is 0.889. The molecule has 0 aromatic carbocycles. The number of rotatable bonds is 3. The maximum atomic E-state index is 12.5. The summed E-state index contributed by atoms with van der Waals surface area (Å²) in [6.45, 7) is 1.78. The zero-order valence-corrected chi connectivity index (χ0v) is 8.89. The molecule has 4 nitrogen and oxygen atoms in total. The number of amidine groups is 1. The summed E-state index contributed by atoms with van der Waals surface area (Å²) in [4.78, 5) is 1.65. The number of nitrogens with one attached hydrogen (secondary N) is 1. The Kier molecular flexibility index (Phi) is 4.55. The Labute approximate surface area is 92.0 Å². The Morgan fingerprint density at radius 1 is 1.38 bits per heavy atom. The van der Waals surface area contributed by atoms with Crippen molar-refractivity contribution in [2.75, 3.05) is 32.8 Å². The van der Waals surface area contributed by atoms with E-state index in [-0.39, 0.29) is 6.54 Å². The van der Waals surface area contributed by atoms with E-state index < -0.39 is 17.9 Å². The monoisotopic (exact) mass is 239 g/mol. The van der Waals surface area contributed by atoms with E-state index in [1.54, 1.807) is 4.90 Å². The summed E-state index contributed by atoms with van der Waals surface area (Å²) >= 11 is 0. The van der Waals surface area contributed by atoms with Crippen molar-refractivity contribution in [1.29, 1.82) is 5.41 Å². The van der Waals surface area contributed by atoms with Gasteiger partial charge in [-0.3, -0.25) is 10.3 Å². The van der Waals surface area contributed by atoms with Gasteiger partial charge in [0.1, 0.15) is 11.8 Å². The molecule has 3 N–H and O–H groups in total. The number of nitrogens with zero attached hydrogens (tertiary/aromatic N) is 1. The lowest BCUT2D eigenvalue weighted by Gasteiger charge is -2.26. The van der Waals surface area contributed by atoms with Crippen molar-refractivity contribution in [3.8, 4) is 0 Å². The van der Waals surface area contributed by atoms with Crippen LogP contribution >= 0.6 is 0 Å². The number of alkyl halides is 3. The number of hydrogen-bond acceptors (Lipinski definition) is 3. The predicted molar refractivity (Wildman–Crippen MR) is 53.3 cm³/mol. The SMILES string of the molecule is N=C(N)C(CN1CCCOCC1)C(F)(F)F. The van der Waals surface area contributed by atoms with Crippen LogP contribution in [0.4, 0.5) is 13.2 Å². The van der Waals surface area contributed by atoms with Crippen LogP contribution < -0.4 is 5.73 Å². The lowest BCUT2D eigenvalue weighted by Crippen LogP contribution is -2.44. The second kappa shape index (κ2) is 5.49. The van der Waals surface area contributed by atoms with Crippen molar-refractivity contribution in [3.05, 3.63) is 0 Å². The maximum Gasteiger partial charge on any atom is 0.399 e. The van der Waals surface area contributed by atoms with Crippen LogP contribution in [0.15, 0.2) is 0 Å². The smallest absolute Gasteiger partial charge is 0.387 e. The average Bonchev–Trinajstić information content (AvgIpc) is 2.39. The molecule has 0 aliphatic carbocycles. The first-order chi connectivity index (χ1) is 7.41. The fourth-order valence-corrected chi connectivity index (χ4v) is 1.62. The molecule has 1 saturated heterocycles. The Balaban J connectivity index is 2.56. The largest absolute Gasteiger partial charge is 0.399 e. The Morgan fingerprint density at radius 2 is 2.06 bits per heavy atom. The van der Waals surface area contributed by atoms with E-state index in [4.69, 9.17) is 15.9 Å². The molecule has 0 aromatic heterocycles. The molecular weight excluding hydrogens is 223 g/mol. The highest BCUT2D eigenvalue weighted by Crippen LogP contribution is 2.27. The van der Waals surface area contributed by atoms with Gasteiger partial charge in [-0.2, -0.15) is 13.2 Å². The topological polar surface area (TPSA) is 62.3 Å². The summed E-state index contributed by atoms with van der Waals surface area (Å²) in [5.41, 5.74) is 4.98. The first-order valence-electron chi connectivity index (χ1n) is 5.12. The number of nitrogens with two attached hydrogens (primary N) is 1. The summed E-state index contributed by atoms with van der Waals surface area (Å²) in [7, 11) is 0. The van der Waals surface area contributed by atoms with Crippen molar-refractivity contribution in [2.24, 2.45) is 11.7 Å². The highest BCUT2D eigenvalue weighted by molar-refractivity contribution is 5.80. The van der Waals surface area contributed by atoms with Crippen LogP contribution in [0.2, 0.25) is 0 Å². The number of hydrogen-bond donors (Lipinski definition) is 2. The summed E-state index contributed by atoms with van der Waals surface area (Å²) in [6.07, 6.45) is -3.73. The molecule has 0 radical (unpaired) electrons. The standard InChI is InChI=1S/C9H16F3N3O/c10-9(11,12)7(8(13)14)6-15-2-1-4-16-5-3-15/h7H,1-6H2,(H3,13,14). The van der Waals surface area contributed by atoms with Gasteiger partial charge in [-0.1, -0.05) is 0 Å². The minimum atomic E-state index is -4.45. The molecule has 0 bridgehead atoms. The van der Waals surface area contributed by atoms with Gasteiger partial charge < -0.3 is 10.5 Å². The summed E-state index contributed by atoms with van der Waals surface area (Å²) in [5.74, 6) is -2.69. The minimum Gasteiger partial charge on any atom is -0.387 e. The third-order valence-electron chi connectivity index (χ3n) is 2.53. The van der Waals surface area contributed by atoms with Crippen molar-refractivity contribution >= 4 is 5.84 Å². The molecule has 0 amide bonds. The maximum absolute atomic E-state index is 12.5. The molecule has 1 heterocycles. The number of halogens is 3. The van der Waals surface area contributed by atoms with Gasteiger partial charge in [-0.05, 0) is 6.42 Å². The lowest BCUT2D eigenvalue weighted by atomic mass is 10.1. The Bertz CT molecular complexity index is 237. The second-order valence-electron chi connectivity index (χ2n) is 3.82. The van der Waals surface area contributed by atoms with E-state index in [9.17, 15) is 13.2 Å². The van der Waals surface area contributed by atoms with Gasteiger partial charge in [0, 0.05) is 26.2 Å². The summed E-state index contributed by atoms with van der Waals surface area (Å²) in [5, 5.41) is 6.98. The molecule has 0 saturated carbocycles. The quantitative estimate of drug-likeness (QED) is 0.566. The van der Waals surface area contributed by atoms with Crippen LogP contribution in [0.5, 0.6) is 0 Å². The zero-order chi connectivity index (χ0) is 12.2. The van der Waals surface area contributed by atoms with E-state index in [1.807, 2.05) is 0 Å². The molecule has 1 fully saturated rings. The van der Waals surface area contributed by atoms with Crippen LogP contribution in [0, 0.1) is 11.3 Å². The van der Waals surface area contributed by atoms with Crippen LogP contribution in [-0.4, -0.2) is 49.8 Å². The van der Waals surface area contributed by atoms with Crippen LogP contribution in [0.1, 0.15) is 6.42 Å². The van der Waals surface area contributed by atoms with Crippen molar-refractivity contribution in [2.45, 2.75) is 12.6 Å². The van der Waals surface area contributed by atoms with Gasteiger partial charge in [0.25, 0.3) is 0 Å². The lowest BCUT2D eigenvalue weighted by molar-refractivity contribution is -0.160. The van der Waals surface area contributed by atoms with E-state index >= 15 is 0 Å². The van der Waals surface area contributed by atoms with Crippen molar-refractivity contribution in [1.82, 2.24) is 4.90 Å². The first kappa shape index (κ1) is 13.2. The molecule has 7 heteroatoms. The van der Waals surface area contributed by atoms with Gasteiger partial charge >= 0.3 is 6.18 Å². The minimum absolute atomic E-state index is 0.248. The van der Waals surface area contributed by atoms with Gasteiger partial charge in [-0.25, -0.2) is 0 Å². The van der Waals surface area contributed by atoms with E-state index in [0.717, 1.165) is 0 Å². The van der Waals surface area contributed by atoms with Crippen molar-refractivity contribution < 1.29 is 17.9 Å². The summed E-state index contributed by atoms with van der Waals surface area (Å²) < 4.78 is 42.8. The van der Waals surface area contributed by atoms with E-state index in [2.05, 4.69) is 0 Å². The van der Waals surface area contributed by atoms with Crippen LogP contribution in [-0.2, 0) is 4.74 Å². The van der Waals surface area contributed by atoms with E-state index in [0.29, 0.717) is 32.7 Å². The molecule has 1 atom stereocenters. The average molecular weight is 239 g/mol. The first-order valence-corrected chi connectivity index (χ1v) is 5.12. The molecule has 0 aromatic rings. The molecule has 0 spiro atoms. The highest BCUT2D eigenvalue weighted by atomic mass is 19.4. The predicted octanol–water partition coefficient (Wildman–Crippen LogP) is 0.823.